The second kappa shape index (κ2) is 7.38. The van der Waals surface area contributed by atoms with E-state index in [9.17, 15) is 0 Å². The molecule has 1 unspecified atom stereocenters. The van der Waals surface area contributed by atoms with Crippen molar-refractivity contribution < 1.29 is 0 Å². The summed E-state index contributed by atoms with van der Waals surface area (Å²) in [5.41, 5.74) is 0. The Balaban J connectivity index is 2.42. The minimum atomic E-state index is 0.723. The molecule has 0 saturated heterocycles. The maximum absolute atomic E-state index is 3.69. The Hall–Kier alpha value is -0.0800. The zero-order chi connectivity index (χ0) is 12.8. The second-order valence-electron chi connectivity index (χ2n) is 6.49. The third-order valence-corrected chi connectivity index (χ3v) is 3.41. The summed E-state index contributed by atoms with van der Waals surface area (Å²) in [6, 6.07) is 1.56. The van der Waals surface area contributed by atoms with Gasteiger partial charge in [0.25, 0.3) is 0 Å². The van der Waals surface area contributed by atoms with Crippen LogP contribution in [0.4, 0.5) is 0 Å². The molecule has 2 heteroatoms. The predicted molar refractivity (Wildman–Crippen MR) is 76.4 cm³/mol. The average molecular weight is 240 g/mol. The molecule has 0 spiro atoms. The molecule has 17 heavy (non-hydrogen) atoms. The molecule has 1 aliphatic carbocycles. The molecule has 1 saturated carbocycles. The molecule has 0 aromatic heterocycles. The van der Waals surface area contributed by atoms with Gasteiger partial charge in [-0.25, -0.2) is 0 Å². The summed E-state index contributed by atoms with van der Waals surface area (Å²) in [7, 11) is 0. The normalized spacial score (nSPS) is 18.4. The predicted octanol–water partition coefficient (Wildman–Crippen LogP) is 3.13. The second-order valence-corrected chi connectivity index (χ2v) is 6.49. The molecule has 0 radical (unpaired) electrons. The summed E-state index contributed by atoms with van der Waals surface area (Å²) in [5, 5.41) is 3.69. The third kappa shape index (κ3) is 6.42. The van der Waals surface area contributed by atoms with Crippen LogP contribution in [0, 0.1) is 11.8 Å². The van der Waals surface area contributed by atoms with Crippen molar-refractivity contribution in [1.82, 2.24) is 10.2 Å². The fraction of sp³-hybridized carbons (Fsp3) is 1.00. The first-order chi connectivity index (χ1) is 8.02. The maximum Gasteiger partial charge on any atom is 0.0218 e. The van der Waals surface area contributed by atoms with E-state index in [0.717, 1.165) is 23.9 Å². The van der Waals surface area contributed by atoms with Crippen LogP contribution in [0.1, 0.15) is 53.9 Å². The van der Waals surface area contributed by atoms with Crippen molar-refractivity contribution in [3.05, 3.63) is 0 Å². The van der Waals surface area contributed by atoms with E-state index in [1.165, 1.54) is 38.9 Å². The van der Waals surface area contributed by atoms with Gasteiger partial charge in [-0.15, -0.1) is 0 Å². The largest absolute Gasteiger partial charge is 0.312 e. The Bertz CT molecular complexity index is 187. The number of hydrogen-bond donors (Lipinski definition) is 1. The highest BCUT2D eigenvalue weighted by atomic mass is 15.2. The van der Waals surface area contributed by atoms with Gasteiger partial charge in [-0.1, -0.05) is 34.6 Å². The van der Waals surface area contributed by atoms with Crippen molar-refractivity contribution in [3.8, 4) is 0 Å². The molecule has 2 nitrogen and oxygen atoms in total. The lowest BCUT2D eigenvalue weighted by Gasteiger charge is -2.34. The SMILES string of the molecule is CCC(CNC1CC1)N(CC(C)C)CC(C)C. The minimum absolute atomic E-state index is 0.723. The van der Waals surface area contributed by atoms with Crippen molar-refractivity contribution in [2.24, 2.45) is 11.8 Å². The average Bonchev–Trinajstić information content (AvgIpc) is 3.00. The van der Waals surface area contributed by atoms with Crippen molar-refractivity contribution in [2.75, 3.05) is 19.6 Å². The maximum atomic E-state index is 3.69. The Kier molecular flexibility index (Phi) is 6.50. The van der Waals surface area contributed by atoms with Gasteiger partial charge < -0.3 is 5.32 Å². The lowest BCUT2D eigenvalue weighted by atomic mass is 10.1. The molecule has 1 rings (SSSR count). The highest BCUT2D eigenvalue weighted by molar-refractivity contribution is 4.84. The number of rotatable bonds is 9. The van der Waals surface area contributed by atoms with Crippen LogP contribution in [0.5, 0.6) is 0 Å². The monoisotopic (exact) mass is 240 g/mol. The van der Waals surface area contributed by atoms with Crippen LogP contribution in [0.3, 0.4) is 0 Å². The topological polar surface area (TPSA) is 15.3 Å². The first-order valence-electron chi connectivity index (χ1n) is 7.50. The van der Waals surface area contributed by atoms with Gasteiger partial charge in [0, 0.05) is 31.7 Å². The number of hydrogen-bond acceptors (Lipinski definition) is 2. The van der Waals surface area contributed by atoms with E-state index in [4.69, 9.17) is 0 Å². The van der Waals surface area contributed by atoms with E-state index in [0.29, 0.717) is 0 Å². The van der Waals surface area contributed by atoms with E-state index >= 15 is 0 Å². The summed E-state index contributed by atoms with van der Waals surface area (Å²) in [4.78, 5) is 2.70. The van der Waals surface area contributed by atoms with Gasteiger partial charge >= 0.3 is 0 Å². The van der Waals surface area contributed by atoms with Gasteiger partial charge in [-0.2, -0.15) is 0 Å². The van der Waals surface area contributed by atoms with E-state index in [1.54, 1.807) is 0 Å². The first kappa shape index (κ1) is 15.0. The molecule has 1 fully saturated rings. The standard InChI is InChI=1S/C15H32N2/c1-6-15(9-16-14-7-8-14)17(10-12(2)3)11-13(4)5/h12-16H,6-11H2,1-5H3. The van der Waals surface area contributed by atoms with Gasteiger partial charge in [0.1, 0.15) is 0 Å². The van der Waals surface area contributed by atoms with Crippen LogP contribution in [0.15, 0.2) is 0 Å². The quantitative estimate of drug-likeness (QED) is 0.666. The molecule has 0 amide bonds. The van der Waals surface area contributed by atoms with Crippen LogP contribution < -0.4 is 5.32 Å². The molecular formula is C15H32N2. The molecule has 102 valence electrons. The van der Waals surface area contributed by atoms with Gasteiger partial charge in [-0.05, 0) is 31.1 Å². The van der Waals surface area contributed by atoms with E-state index < -0.39 is 0 Å². The summed E-state index contributed by atoms with van der Waals surface area (Å²) in [6.07, 6.45) is 4.05. The summed E-state index contributed by atoms with van der Waals surface area (Å²) < 4.78 is 0. The van der Waals surface area contributed by atoms with Crippen molar-refractivity contribution in [3.63, 3.8) is 0 Å². The number of nitrogens with one attached hydrogen (secondary N) is 1. The zero-order valence-electron chi connectivity index (χ0n) is 12.5. The Morgan fingerprint density at radius 2 is 1.59 bits per heavy atom. The van der Waals surface area contributed by atoms with Gasteiger partial charge in [0.15, 0.2) is 0 Å². The van der Waals surface area contributed by atoms with Gasteiger partial charge in [-0.3, -0.25) is 4.90 Å². The summed E-state index contributed by atoms with van der Waals surface area (Å²) in [6.45, 7) is 15.3. The molecule has 1 atom stereocenters. The van der Waals surface area contributed by atoms with E-state index in [2.05, 4.69) is 44.8 Å². The van der Waals surface area contributed by atoms with Gasteiger partial charge in [0.2, 0.25) is 0 Å². The van der Waals surface area contributed by atoms with Crippen LogP contribution >= 0.6 is 0 Å². The Labute approximate surface area is 108 Å². The smallest absolute Gasteiger partial charge is 0.0218 e. The fourth-order valence-electron chi connectivity index (χ4n) is 2.43. The van der Waals surface area contributed by atoms with E-state index in [-0.39, 0.29) is 0 Å². The fourth-order valence-corrected chi connectivity index (χ4v) is 2.43. The van der Waals surface area contributed by atoms with Crippen LogP contribution in [0.25, 0.3) is 0 Å². The van der Waals surface area contributed by atoms with Gasteiger partial charge in [0.05, 0.1) is 0 Å². The molecule has 0 heterocycles. The minimum Gasteiger partial charge on any atom is -0.312 e. The Morgan fingerprint density at radius 3 is 1.94 bits per heavy atom. The van der Waals surface area contributed by atoms with Crippen molar-refractivity contribution >= 4 is 0 Å². The van der Waals surface area contributed by atoms with Crippen molar-refractivity contribution in [1.29, 1.82) is 0 Å². The molecular weight excluding hydrogens is 208 g/mol. The molecule has 0 bridgehead atoms. The Morgan fingerprint density at radius 1 is 1.06 bits per heavy atom. The summed E-state index contributed by atoms with van der Waals surface area (Å²) >= 11 is 0. The zero-order valence-corrected chi connectivity index (χ0v) is 12.5. The molecule has 0 aromatic carbocycles. The number of nitrogens with zero attached hydrogens (tertiary/aromatic N) is 1. The lowest BCUT2D eigenvalue weighted by Crippen LogP contribution is -2.45. The highest BCUT2D eigenvalue weighted by Crippen LogP contribution is 2.19. The summed E-state index contributed by atoms with van der Waals surface area (Å²) in [5.74, 6) is 1.53. The first-order valence-corrected chi connectivity index (χ1v) is 7.50. The van der Waals surface area contributed by atoms with Crippen LogP contribution in [-0.2, 0) is 0 Å². The van der Waals surface area contributed by atoms with E-state index in [1.807, 2.05) is 0 Å². The van der Waals surface area contributed by atoms with Crippen LogP contribution in [0.2, 0.25) is 0 Å². The third-order valence-electron chi connectivity index (χ3n) is 3.41. The van der Waals surface area contributed by atoms with Crippen LogP contribution in [-0.4, -0.2) is 36.6 Å². The molecule has 0 aromatic rings. The molecule has 0 aliphatic heterocycles. The highest BCUT2D eigenvalue weighted by Gasteiger charge is 2.24. The van der Waals surface area contributed by atoms with Crippen molar-refractivity contribution in [2.45, 2.75) is 66.0 Å². The lowest BCUT2D eigenvalue weighted by molar-refractivity contribution is 0.149. The molecule has 1 N–H and O–H groups in total. The molecule has 1 aliphatic rings.